The zero-order chi connectivity index (χ0) is 13.8. The van der Waals surface area contributed by atoms with Gasteiger partial charge in [0, 0.05) is 16.8 Å². The quantitative estimate of drug-likeness (QED) is 0.464. The monoisotopic (exact) mass is 239 g/mol. The van der Waals surface area contributed by atoms with Gasteiger partial charge in [0.1, 0.15) is 0 Å². The maximum Gasteiger partial charge on any atom is 0.0314 e. The Balaban J connectivity index is 0.00000137. The third-order valence-electron chi connectivity index (χ3n) is 1.88. The van der Waals surface area contributed by atoms with Crippen molar-refractivity contribution in [3.63, 3.8) is 0 Å². The smallest absolute Gasteiger partial charge is 0.0314 e. The molecule has 94 valence electrons. The van der Waals surface area contributed by atoms with E-state index in [9.17, 15) is 0 Å². The second-order valence-electron chi connectivity index (χ2n) is 3.28. The molecule has 0 bridgehead atoms. The maximum absolute atomic E-state index is 5.58. The van der Waals surface area contributed by atoms with Crippen molar-refractivity contribution < 1.29 is 0 Å². The first-order valence-electron chi connectivity index (χ1n) is 6.08. The molecule has 2 N–H and O–H groups in total. The number of benzene rings is 1. The van der Waals surface area contributed by atoms with Crippen molar-refractivity contribution >= 4 is 5.69 Å². The average molecular weight is 239 g/mol. The van der Waals surface area contributed by atoms with E-state index >= 15 is 0 Å². The van der Waals surface area contributed by atoms with E-state index in [0.717, 1.165) is 16.8 Å². The lowest BCUT2D eigenvalue weighted by molar-refractivity contribution is 1.50. The molecule has 1 aromatic rings. The van der Waals surface area contributed by atoms with Gasteiger partial charge in [-0.2, -0.15) is 0 Å². The van der Waals surface area contributed by atoms with Crippen LogP contribution < -0.4 is 5.73 Å². The number of rotatable bonds is 2. The van der Waals surface area contributed by atoms with E-state index < -0.39 is 0 Å². The number of nitrogen functional groups attached to an aromatic ring is 1. The molecule has 1 rings (SSSR count). The Morgan fingerprint density at radius 1 is 1.17 bits per heavy atom. The zero-order valence-electron chi connectivity index (χ0n) is 11.4. The van der Waals surface area contributed by atoms with Crippen molar-refractivity contribution in [1.82, 2.24) is 0 Å². The first kappa shape index (κ1) is 15.8. The van der Waals surface area contributed by atoms with E-state index in [4.69, 9.17) is 5.73 Å². The fourth-order valence-electron chi connectivity index (χ4n) is 1.04. The molecule has 0 fully saturated rings. The molecule has 0 aliphatic heterocycles. The Hall–Kier alpha value is -2.20. The Bertz CT molecular complexity index is 465. The van der Waals surface area contributed by atoms with Crippen molar-refractivity contribution in [3.05, 3.63) is 66.3 Å². The Labute approximate surface area is 111 Å². The molecule has 1 aromatic carbocycles. The van der Waals surface area contributed by atoms with E-state index in [1.807, 2.05) is 69.3 Å². The summed E-state index contributed by atoms with van der Waals surface area (Å²) in [5, 5.41) is 0. The summed E-state index contributed by atoms with van der Waals surface area (Å²) >= 11 is 0. The van der Waals surface area contributed by atoms with Crippen molar-refractivity contribution in [2.24, 2.45) is 0 Å². The fourth-order valence-corrected chi connectivity index (χ4v) is 1.04. The summed E-state index contributed by atoms with van der Waals surface area (Å²) in [5.41, 5.74) is 8.05. The highest BCUT2D eigenvalue weighted by Crippen LogP contribution is 2.04. The molecular weight excluding hydrogens is 218 g/mol. The lowest BCUT2D eigenvalue weighted by atomic mass is 10.2. The van der Waals surface area contributed by atoms with Gasteiger partial charge in [-0.15, -0.1) is 0 Å². The summed E-state index contributed by atoms with van der Waals surface area (Å²) in [6.07, 6.45) is 7.69. The van der Waals surface area contributed by atoms with E-state index in [2.05, 4.69) is 18.4 Å². The molecule has 0 aliphatic rings. The van der Waals surface area contributed by atoms with Crippen LogP contribution in [0.15, 0.2) is 60.7 Å². The second kappa shape index (κ2) is 9.99. The van der Waals surface area contributed by atoms with Crippen LogP contribution in [0.25, 0.3) is 0 Å². The predicted octanol–water partition coefficient (Wildman–Crippen LogP) is 4.34. The van der Waals surface area contributed by atoms with Gasteiger partial charge in [0.15, 0.2) is 0 Å². The molecule has 0 radical (unpaired) electrons. The van der Waals surface area contributed by atoms with Crippen molar-refractivity contribution in [1.29, 1.82) is 0 Å². The Kier molecular flexibility index (Phi) is 8.77. The lowest BCUT2D eigenvalue weighted by Crippen LogP contribution is -1.83. The summed E-state index contributed by atoms with van der Waals surface area (Å²) in [6, 6.07) is 7.46. The number of nitrogens with two attached hydrogens (primary N) is 1. The molecular formula is C17H21N. The summed E-state index contributed by atoms with van der Waals surface area (Å²) in [4.78, 5) is 0. The van der Waals surface area contributed by atoms with Gasteiger partial charge < -0.3 is 5.73 Å². The molecule has 0 saturated heterocycles. The molecule has 1 nitrogen and oxygen atoms in total. The van der Waals surface area contributed by atoms with Crippen LogP contribution in [0.1, 0.15) is 26.3 Å². The lowest BCUT2D eigenvalue weighted by Gasteiger charge is -1.91. The van der Waals surface area contributed by atoms with Gasteiger partial charge in [0.25, 0.3) is 0 Å². The molecule has 0 saturated carbocycles. The highest BCUT2D eigenvalue weighted by molar-refractivity contribution is 5.48. The van der Waals surface area contributed by atoms with E-state index in [-0.39, 0.29) is 0 Å². The second-order valence-corrected chi connectivity index (χ2v) is 3.28. The molecule has 0 spiro atoms. The van der Waals surface area contributed by atoms with Crippen molar-refractivity contribution in [3.8, 4) is 11.8 Å². The van der Waals surface area contributed by atoms with Crippen molar-refractivity contribution in [2.45, 2.75) is 20.8 Å². The standard InChI is InChI=1S/C15H15N.C2H6/c1-3-4-5-6-13(2)7-8-14-9-11-15(16)12-10-14;1-2/h3-6,9-12H,2,16H2,1H3;1-2H3/b4-3-,6-5-;. The van der Waals surface area contributed by atoms with Gasteiger partial charge in [0.2, 0.25) is 0 Å². The summed E-state index contributed by atoms with van der Waals surface area (Å²) in [6.45, 7) is 9.81. The number of allylic oxidation sites excluding steroid dienone is 5. The van der Waals surface area contributed by atoms with Gasteiger partial charge in [-0.1, -0.05) is 50.5 Å². The van der Waals surface area contributed by atoms with Crippen LogP contribution in [0, 0.1) is 11.8 Å². The summed E-state index contributed by atoms with van der Waals surface area (Å²) in [5.74, 6) is 5.99. The molecule has 1 heteroatoms. The minimum absolute atomic E-state index is 0.748. The van der Waals surface area contributed by atoms with Crippen LogP contribution in [-0.2, 0) is 0 Å². The van der Waals surface area contributed by atoms with E-state index in [1.54, 1.807) is 0 Å². The minimum Gasteiger partial charge on any atom is -0.399 e. The first-order chi connectivity index (χ1) is 8.72. The SMILES string of the molecule is C=C(C#Cc1ccc(N)cc1)/C=C\C=C/C.CC. The molecule has 0 aromatic heterocycles. The van der Waals surface area contributed by atoms with Crippen LogP contribution >= 0.6 is 0 Å². The average Bonchev–Trinajstić information content (AvgIpc) is 2.41. The first-order valence-corrected chi connectivity index (χ1v) is 6.08. The summed E-state index contributed by atoms with van der Waals surface area (Å²) in [7, 11) is 0. The molecule has 0 atom stereocenters. The minimum atomic E-state index is 0.748. The largest absolute Gasteiger partial charge is 0.399 e. The van der Waals surface area contributed by atoms with Gasteiger partial charge >= 0.3 is 0 Å². The third-order valence-corrected chi connectivity index (χ3v) is 1.88. The van der Waals surface area contributed by atoms with E-state index in [1.165, 1.54) is 0 Å². The van der Waals surface area contributed by atoms with Gasteiger partial charge in [0.05, 0.1) is 0 Å². The Morgan fingerprint density at radius 3 is 2.33 bits per heavy atom. The van der Waals surface area contributed by atoms with Crippen LogP contribution in [0.5, 0.6) is 0 Å². The van der Waals surface area contributed by atoms with Crippen LogP contribution in [0.4, 0.5) is 5.69 Å². The van der Waals surface area contributed by atoms with Crippen LogP contribution in [0.3, 0.4) is 0 Å². The van der Waals surface area contributed by atoms with Crippen LogP contribution in [0.2, 0.25) is 0 Å². The van der Waals surface area contributed by atoms with Crippen LogP contribution in [-0.4, -0.2) is 0 Å². The van der Waals surface area contributed by atoms with Gasteiger partial charge in [-0.05, 0) is 37.3 Å². The normalized spacial score (nSPS) is 9.50. The molecule has 0 heterocycles. The number of hydrogen-bond acceptors (Lipinski definition) is 1. The van der Waals surface area contributed by atoms with Crippen molar-refractivity contribution in [2.75, 3.05) is 5.73 Å². The number of hydrogen-bond donors (Lipinski definition) is 1. The molecule has 0 aliphatic carbocycles. The molecule has 0 amide bonds. The zero-order valence-corrected chi connectivity index (χ0v) is 11.4. The van der Waals surface area contributed by atoms with E-state index in [0.29, 0.717) is 0 Å². The third kappa shape index (κ3) is 7.14. The maximum atomic E-state index is 5.58. The summed E-state index contributed by atoms with van der Waals surface area (Å²) < 4.78 is 0. The Morgan fingerprint density at radius 2 is 1.78 bits per heavy atom. The number of anilines is 1. The van der Waals surface area contributed by atoms with Gasteiger partial charge in [-0.3, -0.25) is 0 Å². The van der Waals surface area contributed by atoms with Gasteiger partial charge in [-0.25, -0.2) is 0 Å². The predicted molar refractivity (Wildman–Crippen MR) is 82.2 cm³/mol. The molecule has 18 heavy (non-hydrogen) atoms. The topological polar surface area (TPSA) is 26.0 Å². The fraction of sp³-hybridized carbons (Fsp3) is 0.176. The molecule has 0 unspecified atom stereocenters. The highest BCUT2D eigenvalue weighted by atomic mass is 14.5. The highest BCUT2D eigenvalue weighted by Gasteiger charge is 1.86.